The molecule has 9 heteroatoms. The number of aryl methyl sites for hydroxylation is 1. The van der Waals surface area contributed by atoms with Crippen LogP contribution in [0.25, 0.3) is 22.0 Å². The Labute approximate surface area is 266 Å². The predicted octanol–water partition coefficient (Wildman–Crippen LogP) is 6.62. The van der Waals surface area contributed by atoms with Crippen LogP contribution in [0.4, 0.5) is 4.39 Å². The number of aliphatic hydroxyl groups excluding tert-OH is 1. The number of para-hydroxylation sites is 1. The molecule has 0 radical (unpaired) electrons. The average molecular weight is 619 g/mol. The lowest BCUT2D eigenvalue weighted by atomic mass is 9.90. The van der Waals surface area contributed by atoms with Crippen molar-refractivity contribution in [3.8, 4) is 22.8 Å². The molecule has 5 aromatic rings. The van der Waals surface area contributed by atoms with Gasteiger partial charge in [-0.1, -0.05) is 54.6 Å². The van der Waals surface area contributed by atoms with Gasteiger partial charge in [-0.2, -0.15) is 0 Å². The van der Waals surface area contributed by atoms with Gasteiger partial charge in [0.2, 0.25) is 5.88 Å². The van der Waals surface area contributed by atoms with Crippen molar-refractivity contribution in [3.05, 3.63) is 120 Å². The van der Waals surface area contributed by atoms with Gasteiger partial charge in [0, 0.05) is 30.3 Å². The Hall–Kier alpha value is -5.15. The molecular weight excluding hydrogens is 583 g/mol. The fourth-order valence-electron chi connectivity index (χ4n) is 5.86. The molecule has 3 aromatic carbocycles. The number of aromatic nitrogens is 2. The maximum atomic E-state index is 14.3. The summed E-state index contributed by atoms with van der Waals surface area (Å²) in [5.41, 5.74) is 4.27. The lowest BCUT2D eigenvalue weighted by Gasteiger charge is -2.30. The first-order chi connectivity index (χ1) is 22.5. The zero-order valence-corrected chi connectivity index (χ0v) is 25.3. The summed E-state index contributed by atoms with van der Waals surface area (Å²) in [6.07, 6.45) is 6.92. The summed E-state index contributed by atoms with van der Waals surface area (Å²) in [5, 5.41) is 16.1. The smallest absolute Gasteiger partial charge is 0.257 e. The van der Waals surface area contributed by atoms with E-state index in [9.17, 15) is 14.0 Å². The maximum Gasteiger partial charge on any atom is 0.257 e. The number of benzene rings is 3. The van der Waals surface area contributed by atoms with Crippen LogP contribution in [0.3, 0.4) is 0 Å². The number of ether oxygens (including phenoxy) is 1. The minimum absolute atomic E-state index is 0.0116. The minimum atomic E-state index is -0.637. The lowest BCUT2D eigenvalue weighted by molar-refractivity contribution is 0.0890. The molecule has 1 fully saturated rings. The van der Waals surface area contributed by atoms with E-state index in [1.54, 1.807) is 18.3 Å². The van der Waals surface area contributed by atoms with Crippen LogP contribution in [0.5, 0.6) is 11.6 Å². The van der Waals surface area contributed by atoms with Crippen molar-refractivity contribution in [2.24, 2.45) is 0 Å². The molecule has 0 aliphatic heterocycles. The van der Waals surface area contributed by atoms with Gasteiger partial charge in [0.15, 0.2) is 0 Å². The molecule has 0 atom stereocenters. The van der Waals surface area contributed by atoms with E-state index in [1.165, 1.54) is 0 Å². The number of hydrogen-bond donors (Lipinski definition) is 3. The predicted molar refractivity (Wildman–Crippen MR) is 174 cm³/mol. The highest BCUT2D eigenvalue weighted by Crippen LogP contribution is 2.29. The van der Waals surface area contributed by atoms with E-state index in [0.29, 0.717) is 48.9 Å². The van der Waals surface area contributed by atoms with Crippen molar-refractivity contribution in [1.29, 1.82) is 0 Å². The van der Waals surface area contributed by atoms with Crippen molar-refractivity contribution in [1.82, 2.24) is 20.6 Å². The molecule has 46 heavy (non-hydrogen) atoms. The Morgan fingerprint density at radius 2 is 1.50 bits per heavy atom. The largest absolute Gasteiger partial charge is 0.438 e. The molecule has 2 heterocycles. The Balaban J connectivity index is 1.07. The number of rotatable bonds is 10. The summed E-state index contributed by atoms with van der Waals surface area (Å²) >= 11 is 0. The topological polar surface area (TPSA) is 113 Å². The van der Waals surface area contributed by atoms with Gasteiger partial charge >= 0.3 is 0 Å². The number of hydrogen-bond acceptors (Lipinski definition) is 6. The molecule has 2 aromatic heterocycles. The maximum absolute atomic E-state index is 14.3. The average Bonchev–Trinajstić information content (AvgIpc) is 3.09. The molecule has 0 spiro atoms. The zero-order valence-electron chi connectivity index (χ0n) is 25.3. The van der Waals surface area contributed by atoms with Crippen LogP contribution in [0.15, 0.2) is 97.3 Å². The molecule has 0 bridgehead atoms. The van der Waals surface area contributed by atoms with Gasteiger partial charge < -0.3 is 20.5 Å². The third kappa shape index (κ3) is 7.38. The second-order valence-corrected chi connectivity index (χ2v) is 11.5. The summed E-state index contributed by atoms with van der Waals surface area (Å²) < 4.78 is 20.3. The number of carbonyl (C=O) groups excluding carboxylic acids is 2. The molecule has 1 aliphatic carbocycles. The van der Waals surface area contributed by atoms with Gasteiger partial charge in [0.05, 0.1) is 17.3 Å². The van der Waals surface area contributed by atoms with E-state index >= 15 is 0 Å². The number of amides is 2. The van der Waals surface area contributed by atoms with Gasteiger partial charge in [-0.25, -0.2) is 9.37 Å². The number of nitrogens with zero attached hydrogens (tertiary/aromatic N) is 2. The van der Waals surface area contributed by atoms with Crippen LogP contribution in [-0.4, -0.2) is 45.6 Å². The fourth-order valence-corrected chi connectivity index (χ4v) is 5.86. The molecule has 8 nitrogen and oxygen atoms in total. The van der Waals surface area contributed by atoms with E-state index < -0.39 is 11.7 Å². The van der Waals surface area contributed by atoms with Crippen LogP contribution >= 0.6 is 0 Å². The normalized spacial score (nSPS) is 16.1. The summed E-state index contributed by atoms with van der Waals surface area (Å²) in [4.78, 5) is 34.9. The van der Waals surface area contributed by atoms with Crippen LogP contribution in [0.2, 0.25) is 0 Å². The van der Waals surface area contributed by atoms with Crippen LogP contribution in [-0.2, 0) is 6.42 Å². The van der Waals surface area contributed by atoms with E-state index in [4.69, 9.17) is 9.84 Å². The summed E-state index contributed by atoms with van der Waals surface area (Å²) in [6.45, 7) is 0.157. The highest BCUT2D eigenvalue weighted by Gasteiger charge is 2.26. The Kier molecular flexibility index (Phi) is 9.59. The third-order valence-electron chi connectivity index (χ3n) is 8.30. The molecule has 234 valence electrons. The van der Waals surface area contributed by atoms with E-state index in [2.05, 4.69) is 20.6 Å². The van der Waals surface area contributed by atoms with Crippen molar-refractivity contribution >= 4 is 22.7 Å². The summed E-state index contributed by atoms with van der Waals surface area (Å²) in [5.74, 6) is -0.788. The number of halogens is 1. The minimum Gasteiger partial charge on any atom is -0.438 e. The Morgan fingerprint density at radius 3 is 2.24 bits per heavy atom. The van der Waals surface area contributed by atoms with Crippen LogP contribution < -0.4 is 15.4 Å². The van der Waals surface area contributed by atoms with Crippen LogP contribution in [0, 0.1) is 5.82 Å². The standard InChI is InChI=1S/C37H35FN4O4/c38-28-22-33(37(40-23-28)46-31-9-1-7-27(21-31)25-13-11-24(12-14-25)5-4-20-43)36(45)42-30-17-15-29(16-18-30)41-35(44)32-10-2-6-26-8-3-19-39-34(26)32/h1-3,6-14,19,21-23,29-30,43H,4-5,15-18,20H2,(H,41,44)(H,42,45). The third-order valence-corrected chi connectivity index (χ3v) is 8.30. The Bertz CT molecular complexity index is 1830. The molecule has 6 rings (SSSR count). The second kappa shape index (κ2) is 14.3. The molecular formula is C37H35FN4O4. The first-order valence-corrected chi connectivity index (χ1v) is 15.6. The van der Waals surface area contributed by atoms with Gasteiger partial charge in [0.25, 0.3) is 11.8 Å². The van der Waals surface area contributed by atoms with Crippen LogP contribution in [0.1, 0.15) is 58.4 Å². The Morgan fingerprint density at radius 1 is 0.804 bits per heavy atom. The van der Waals surface area contributed by atoms with E-state index in [0.717, 1.165) is 40.8 Å². The van der Waals surface area contributed by atoms with E-state index in [1.807, 2.05) is 66.7 Å². The molecule has 0 unspecified atom stereocenters. The lowest BCUT2D eigenvalue weighted by Crippen LogP contribution is -2.44. The highest BCUT2D eigenvalue weighted by atomic mass is 19.1. The van der Waals surface area contributed by atoms with Crippen molar-refractivity contribution in [3.63, 3.8) is 0 Å². The van der Waals surface area contributed by atoms with Crippen molar-refractivity contribution in [2.75, 3.05) is 6.61 Å². The first kappa shape index (κ1) is 30.9. The second-order valence-electron chi connectivity index (χ2n) is 11.5. The fraction of sp³-hybridized carbons (Fsp3) is 0.243. The molecule has 2 amide bonds. The number of nitrogens with one attached hydrogen (secondary N) is 2. The summed E-state index contributed by atoms with van der Waals surface area (Å²) in [6, 6.07) is 25.8. The monoisotopic (exact) mass is 618 g/mol. The van der Waals surface area contributed by atoms with Gasteiger partial charge in [0.1, 0.15) is 17.1 Å². The van der Waals surface area contributed by atoms with Crippen molar-refractivity contribution < 1.29 is 23.8 Å². The van der Waals surface area contributed by atoms with Crippen molar-refractivity contribution in [2.45, 2.75) is 50.6 Å². The molecule has 1 saturated carbocycles. The molecule has 3 N–H and O–H groups in total. The van der Waals surface area contributed by atoms with E-state index in [-0.39, 0.29) is 36.0 Å². The van der Waals surface area contributed by atoms with Gasteiger partial charge in [-0.3, -0.25) is 14.6 Å². The van der Waals surface area contributed by atoms with Gasteiger partial charge in [-0.05, 0) is 85.5 Å². The first-order valence-electron chi connectivity index (χ1n) is 15.6. The van der Waals surface area contributed by atoms with Gasteiger partial charge in [-0.15, -0.1) is 0 Å². The summed E-state index contributed by atoms with van der Waals surface area (Å²) in [7, 11) is 0. The number of carbonyl (C=O) groups is 2. The quantitative estimate of drug-likeness (QED) is 0.162. The highest BCUT2D eigenvalue weighted by molar-refractivity contribution is 6.05. The number of pyridine rings is 2. The number of aliphatic hydroxyl groups is 1. The molecule has 0 saturated heterocycles. The SMILES string of the molecule is O=C(NC1CCC(NC(=O)c2cccc3cccnc23)CC1)c1cc(F)cnc1Oc1cccc(-c2ccc(CCCO)cc2)c1. The zero-order chi connectivity index (χ0) is 31.9. The molecule has 1 aliphatic rings. The number of fused-ring (bicyclic) bond motifs is 1.